The normalized spacial score (nSPS) is 20.3. The molecule has 1 N–H and O–H groups in total. The Morgan fingerprint density at radius 2 is 1.72 bits per heavy atom. The number of urea groups is 1. The summed E-state index contributed by atoms with van der Waals surface area (Å²) in [7, 11) is 0. The lowest BCUT2D eigenvalue weighted by Crippen LogP contribution is -2.43. The van der Waals surface area contributed by atoms with Gasteiger partial charge in [0.2, 0.25) is 0 Å². The van der Waals surface area contributed by atoms with Crippen molar-refractivity contribution in [2.45, 2.75) is 37.6 Å². The molecule has 2 fully saturated rings. The highest BCUT2D eigenvalue weighted by molar-refractivity contribution is 7.79. The minimum Gasteiger partial charge on any atom is -0.771 e. The summed E-state index contributed by atoms with van der Waals surface area (Å²) in [6, 6.07) is 18.6. The first-order chi connectivity index (χ1) is 14.1. The molecule has 1 aliphatic carbocycles. The molecule has 2 aromatic rings. The summed E-state index contributed by atoms with van der Waals surface area (Å²) in [4.78, 5) is 14.8. The molecule has 154 valence electrons. The second kappa shape index (κ2) is 9.07. The minimum atomic E-state index is -2.25. The fourth-order valence-corrected chi connectivity index (χ4v) is 4.20. The largest absolute Gasteiger partial charge is 0.771 e. The van der Waals surface area contributed by atoms with Crippen LogP contribution < -0.4 is 5.43 Å². The van der Waals surface area contributed by atoms with Crippen LogP contribution in [0.2, 0.25) is 0 Å². The number of nitrogens with zero attached hydrogens (tertiary/aromatic N) is 2. The van der Waals surface area contributed by atoms with E-state index in [4.69, 9.17) is 0 Å². The third-order valence-electron chi connectivity index (χ3n) is 5.66. The zero-order valence-electron chi connectivity index (χ0n) is 16.3. The van der Waals surface area contributed by atoms with E-state index in [0.29, 0.717) is 19.0 Å². The highest BCUT2D eigenvalue weighted by Crippen LogP contribution is 2.40. The van der Waals surface area contributed by atoms with Crippen LogP contribution in [0.25, 0.3) is 0 Å². The predicted molar refractivity (Wildman–Crippen MR) is 112 cm³/mol. The zero-order chi connectivity index (χ0) is 20.2. The average Bonchev–Trinajstić information content (AvgIpc) is 3.53. The maximum atomic E-state index is 12.9. The molecule has 2 unspecified atom stereocenters. The predicted octanol–water partition coefficient (Wildman–Crippen LogP) is 3.32. The molecule has 29 heavy (non-hydrogen) atoms. The SMILES string of the molecule is O=C1N(NCS(=O)[O-])CC(c2ccc(C3CC3)cc2)N1CCCc1ccccc1. The van der Waals surface area contributed by atoms with Gasteiger partial charge in [-0.1, -0.05) is 54.6 Å². The van der Waals surface area contributed by atoms with Gasteiger partial charge in [0.1, 0.15) is 0 Å². The van der Waals surface area contributed by atoms with E-state index in [0.717, 1.165) is 18.4 Å². The van der Waals surface area contributed by atoms with Gasteiger partial charge in [-0.25, -0.2) is 10.2 Å². The molecule has 2 aromatic carbocycles. The number of hydrazine groups is 1. The van der Waals surface area contributed by atoms with Crippen molar-refractivity contribution in [1.29, 1.82) is 0 Å². The molecule has 1 saturated carbocycles. The number of carbonyl (C=O) groups is 1. The standard InChI is InChI=1S/C22H27N3O3S/c26-22-24(14-4-7-17-5-2-1-3-6-17)21(15-25(22)23-16-29(27)28)20-12-10-19(11-13-20)18-8-9-18/h1-3,5-6,10-13,18,21,23H,4,7-9,14-16H2,(H,27,28)/p-1. The van der Waals surface area contributed by atoms with E-state index in [-0.39, 0.29) is 17.9 Å². The second-order valence-corrected chi connectivity index (χ2v) is 8.63. The first-order valence-corrected chi connectivity index (χ1v) is 11.4. The van der Waals surface area contributed by atoms with E-state index in [1.807, 2.05) is 23.1 Å². The van der Waals surface area contributed by atoms with E-state index in [1.54, 1.807) is 0 Å². The Balaban J connectivity index is 1.45. The molecule has 7 heteroatoms. The molecule has 1 aliphatic heterocycles. The van der Waals surface area contributed by atoms with Gasteiger partial charge >= 0.3 is 6.03 Å². The maximum absolute atomic E-state index is 12.9. The van der Waals surface area contributed by atoms with Crippen LogP contribution >= 0.6 is 0 Å². The van der Waals surface area contributed by atoms with Gasteiger partial charge in [0.05, 0.1) is 18.5 Å². The first-order valence-electron chi connectivity index (χ1n) is 10.1. The van der Waals surface area contributed by atoms with Crippen LogP contribution in [0, 0.1) is 0 Å². The van der Waals surface area contributed by atoms with Gasteiger partial charge in [0.25, 0.3) is 0 Å². The average molecular weight is 413 g/mol. The van der Waals surface area contributed by atoms with Crippen LogP contribution in [0.3, 0.4) is 0 Å². The molecule has 0 spiro atoms. The molecular weight excluding hydrogens is 386 g/mol. The van der Waals surface area contributed by atoms with E-state index in [9.17, 15) is 13.6 Å². The van der Waals surface area contributed by atoms with Crippen LogP contribution in [0.15, 0.2) is 54.6 Å². The third-order valence-corrected chi connectivity index (χ3v) is 6.02. The summed E-state index contributed by atoms with van der Waals surface area (Å²) in [5.74, 6) is 0.429. The van der Waals surface area contributed by atoms with Crippen LogP contribution in [0.5, 0.6) is 0 Å². The van der Waals surface area contributed by atoms with Crippen molar-refractivity contribution in [3.8, 4) is 0 Å². The monoisotopic (exact) mass is 412 g/mol. The lowest BCUT2D eigenvalue weighted by molar-refractivity contribution is 0.174. The summed E-state index contributed by atoms with van der Waals surface area (Å²) in [6.45, 7) is 1.06. The van der Waals surface area contributed by atoms with Gasteiger partial charge in [-0.05, 0) is 59.4 Å². The van der Waals surface area contributed by atoms with Crippen LogP contribution in [0.4, 0.5) is 4.79 Å². The van der Waals surface area contributed by atoms with Gasteiger partial charge in [-0.3, -0.25) is 9.22 Å². The Kier molecular flexibility index (Phi) is 6.28. The van der Waals surface area contributed by atoms with Crippen molar-refractivity contribution < 1.29 is 13.6 Å². The number of nitrogens with one attached hydrogen (secondary N) is 1. The summed E-state index contributed by atoms with van der Waals surface area (Å²) in [6.07, 6.45) is 4.28. The summed E-state index contributed by atoms with van der Waals surface area (Å²) >= 11 is -2.25. The fraction of sp³-hybridized carbons (Fsp3) is 0.409. The number of benzene rings is 2. The lowest BCUT2D eigenvalue weighted by atomic mass is 10.0. The second-order valence-electron chi connectivity index (χ2n) is 7.74. The van der Waals surface area contributed by atoms with E-state index in [1.165, 1.54) is 29.0 Å². The number of carbonyl (C=O) groups excluding carboxylic acids is 1. The van der Waals surface area contributed by atoms with Crippen LogP contribution in [0.1, 0.15) is 47.9 Å². The molecule has 4 rings (SSSR count). The highest BCUT2D eigenvalue weighted by atomic mass is 32.2. The summed E-state index contributed by atoms with van der Waals surface area (Å²) in [5.41, 5.74) is 6.45. The Labute approximate surface area is 174 Å². The Morgan fingerprint density at radius 3 is 2.38 bits per heavy atom. The summed E-state index contributed by atoms with van der Waals surface area (Å²) in [5, 5.41) is 1.43. The van der Waals surface area contributed by atoms with Crippen molar-refractivity contribution >= 4 is 17.1 Å². The van der Waals surface area contributed by atoms with E-state index < -0.39 is 11.1 Å². The number of hydrogen-bond acceptors (Lipinski definition) is 4. The molecule has 2 atom stereocenters. The van der Waals surface area contributed by atoms with E-state index >= 15 is 0 Å². The molecule has 6 nitrogen and oxygen atoms in total. The smallest absolute Gasteiger partial charge is 0.335 e. The summed E-state index contributed by atoms with van der Waals surface area (Å²) < 4.78 is 21.8. The Morgan fingerprint density at radius 1 is 1.03 bits per heavy atom. The number of hydrogen-bond donors (Lipinski definition) is 1. The highest BCUT2D eigenvalue weighted by Gasteiger charge is 2.38. The van der Waals surface area contributed by atoms with Gasteiger partial charge < -0.3 is 9.45 Å². The Hall–Kier alpha value is -2.22. The fourth-order valence-electron chi connectivity index (χ4n) is 3.94. The number of amides is 2. The Bertz CT molecular complexity index is 855. The lowest BCUT2D eigenvalue weighted by Gasteiger charge is -2.23. The molecule has 0 radical (unpaired) electrons. The first kappa shape index (κ1) is 20.1. The molecule has 2 aliphatic rings. The molecule has 2 amide bonds. The van der Waals surface area contributed by atoms with Crippen molar-refractivity contribution in [2.24, 2.45) is 0 Å². The molecule has 1 saturated heterocycles. The molecule has 0 aromatic heterocycles. The molecule has 0 bridgehead atoms. The van der Waals surface area contributed by atoms with Crippen molar-refractivity contribution in [1.82, 2.24) is 15.3 Å². The van der Waals surface area contributed by atoms with Crippen molar-refractivity contribution in [2.75, 3.05) is 19.0 Å². The minimum absolute atomic E-state index is 0.0842. The molecular formula is C22H26N3O3S-. The van der Waals surface area contributed by atoms with Crippen LogP contribution in [-0.4, -0.2) is 43.7 Å². The zero-order valence-corrected chi connectivity index (χ0v) is 17.1. The van der Waals surface area contributed by atoms with Gasteiger partial charge in [-0.15, -0.1) is 0 Å². The number of rotatable bonds is 9. The molecule has 1 heterocycles. The van der Waals surface area contributed by atoms with Crippen LogP contribution in [-0.2, 0) is 17.5 Å². The third kappa shape index (κ3) is 5.04. The van der Waals surface area contributed by atoms with Gasteiger partial charge in [-0.2, -0.15) is 0 Å². The van der Waals surface area contributed by atoms with Crippen molar-refractivity contribution in [3.05, 3.63) is 71.3 Å². The van der Waals surface area contributed by atoms with E-state index in [2.05, 4.69) is 41.8 Å². The van der Waals surface area contributed by atoms with Gasteiger partial charge in [0.15, 0.2) is 0 Å². The topological polar surface area (TPSA) is 75.7 Å². The van der Waals surface area contributed by atoms with Gasteiger partial charge in [0, 0.05) is 6.54 Å². The maximum Gasteiger partial charge on any atom is 0.335 e. The number of aryl methyl sites for hydroxylation is 1. The quantitative estimate of drug-likeness (QED) is 0.641. The van der Waals surface area contributed by atoms with Crippen molar-refractivity contribution in [3.63, 3.8) is 0 Å².